The van der Waals surface area contributed by atoms with Gasteiger partial charge in [0.05, 0.1) is 5.69 Å². The van der Waals surface area contributed by atoms with E-state index in [4.69, 9.17) is 4.98 Å². The largest absolute Gasteiger partial charge is 0.312 e. The van der Waals surface area contributed by atoms with Gasteiger partial charge in [-0.2, -0.15) is 0 Å². The molecule has 0 saturated heterocycles. The molecule has 0 unspecified atom stereocenters. The maximum absolute atomic E-state index is 4.71. The topological polar surface area (TPSA) is 29.3 Å². The lowest BCUT2D eigenvalue weighted by Crippen LogP contribution is -2.19. The molecule has 0 aliphatic heterocycles. The first-order valence-electron chi connectivity index (χ1n) is 9.05. The van der Waals surface area contributed by atoms with Gasteiger partial charge in [-0.1, -0.05) is 24.3 Å². The summed E-state index contributed by atoms with van der Waals surface area (Å²) in [5, 5.41) is 3.61. The number of hydrogen-bond acceptors (Lipinski definition) is 2. The van der Waals surface area contributed by atoms with Crippen molar-refractivity contribution >= 4 is 5.65 Å². The molecule has 124 valence electrons. The lowest BCUT2D eigenvalue weighted by Gasteiger charge is -2.19. The first-order valence-corrected chi connectivity index (χ1v) is 9.05. The Bertz CT molecular complexity index is 847. The van der Waals surface area contributed by atoms with Crippen LogP contribution >= 0.6 is 0 Å². The number of benzene rings is 1. The first-order chi connectivity index (χ1) is 11.8. The van der Waals surface area contributed by atoms with Crippen molar-refractivity contribution < 1.29 is 0 Å². The standard InChI is InChI=1S/C21H25N3/c1-16-6-4-11-21-23-19(15-24(16)21)12-13-22-14-18-9-5-8-17-7-2-3-10-20(17)18/h4-6,8-9,11,15,22H,2-3,7,10,12-14H2,1H3. The summed E-state index contributed by atoms with van der Waals surface area (Å²) in [6.07, 6.45) is 8.32. The van der Waals surface area contributed by atoms with E-state index < -0.39 is 0 Å². The predicted octanol–water partition coefficient (Wildman–Crippen LogP) is 3.85. The van der Waals surface area contributed by atoms with Crippen molar-refractivity contribution in [3.8, 4) is 0 Å². The SMILES string of the molecule is Cc1cccc2nc(CCNCc3cccc4c3CCCC4)cn12. The van der Waals surface area contributed by atoms with E-state index >= 15 is 0 Å². The van der Waals surface area contributed by atoms with Crippen LogP contribution < -0.4 is 5.32 Å². The van der Waals surface area contributed by atoms with Gasteiger partial charge in [-0.25, -0.2) is 4.98 Å². The Morgan fingerprint density at radius 2 is 1.96 bits per heavy atom. The van der Waals surface area contributed by atoms with Gasteiger partial charge < -0.3 is 9.72 Å². The fourth-order valence-electron chi connectivity index (χ4n) is 3.78. The number of imidazole rings is 1. The summed E-state index contributed by atoms with van der Waals surface area (Å²) in [4.78, 5) is 4.71. The van der Waals surface area contributed by atoms with Crippen molar-refractivity contribution in [3.05, 3.63) is 70.7 Å². The molecule has 2 aromatic heterocycles. The van der Waals surface area contributed by atoms with E-state index in [1.807, 2.05) is 0 Å². The van der Waals surface area contributed by atoms with Gasteiger partial charge in [0.2, 0.25) is 0 Å². The molecule has 3 nitrogen and oxygen atoms in total. The van der Waals surface area contributed by atoms with Crippen LogP contribution in [0.2, 0.25) is 0 Å². The Kier molecular flexibility index (Phi) is 4.35. The number of pyridine rings is 1. The molecule has 0 radical (unpaired) electrons. The number of rotatable bonds is 5. The van der Waals surface area contributed by atoms with Gasteiger partial charge in [0.1, 0.15) is 5.65 Å². The number of nitrogens with one attached hydrogen (secondary N) is 1. The zero-order chi connectivity index (χ0) is 16.4. The quantitative estimate of drug-likeness (QED) is 0.724. The molecule has 0 atom stereocenters. The van der Waals surface area contributed by atoms with Crippen LogP contribution in [0.15, 0.2) is 42.6 Å². The Hall–Kier alpha value is -2.13. The third kappa shape index (κ3) is 3.09. The minimum Gasteiger partial charge on any atom is -0.312 e. The van der Waals surface area contributed by atoms with E-state index in [0.29, 0.717) is 0 Å². The highest BCUT2D eigenvalue weighted by atomic mass is 15.0. The average Bonchev–Trinajstić information content (AvgIpc) is 3.03. The monoisotopic (exact) mass is 319 g/mol. The Balaban J connectivity index is 1.37. The second-order valence-electron chi connectivity index (χ2n) is 6.82. The van der Waals surface area contributed by atoms with Gasteiger partial charge in [-0.05, 0) is 61.4 Å². The normalized spacial score (nSPS) is 14.0. The molecular formula is C21H25N3. The molecule has 3 heteroatoms. The fraction of sp³-hybridized carbons (Fsp3) is 0.381. The van der Waals surface area contributed by atoms with Crippen LogP contribution in [-0.4, -0.2) is 15.9 Å². The molecule has 0 saturated carbocycles. The maximum Gasteiger partial charge on any atom is 0.137 e. The van der Waals surface area contributed by atoms with Gasteiger partial charge in [0, 0.05) is 31.4 Å². The van der Waals surface area contributed by atoms with E-state index in [1.165, 1.54) is 36.9 Å². The lowest BCUT2D eigenvalue weighted by molar-refractivity contribution is 0.648. The van der Waals surface area contributed by atoms with E-state index in [1.54, 1.807) is 11.1 Å². The summed E-state index contributed by atoms with van der Waals surface area (Å²) >= 11 is 0. The summed E-state index contributed by atoms with van der Waals surface area (Å²) in [5.74, 6) is 0. The van der Waals surface area contributed by atoms with Crippen molar-refractivity contribution in [1.82, 2.24) is 14.7 Å². The highest BCUT2D eigenvalue weighted by Crippen LogP contribution is 2.24. The van der Waals surface area contributed by atoms with Crippen LogP contribution in [0.4, 0.5) is 0 Å². The average molecular weight is 319 g/mol. The van der Waals surface area contributed by atoms with Crippen molar-refractivity contribution in [1.29, 1.82) is 0 Å². The van der Waals surface area contributed by atoms with Gasteiger partial charge in [0.25, 0.3) is 0 Å². The van der Waals surface area contributed by atoms with Crippen LogP contribution in [0.3, 0.4) is 0 Å². The molecule has 3 aromatic rings. The van der Waals surface area contributed by atoms with Crippen LogP contribution in [0.5, 0.6) is 0 Å². The third-order valence-corrected chi connectivity index (χ3v) is 5.11. The molecule has 0 spiro atoms. The third-order valence-electron chi connectivity index (χ3n) is 5.11. The molecular weight excluding hydrogens is 294 g/mol. The summed E-state index contributed by atoms with van der Waals surface area (Å²) in [5.41, 5.74) is 8.08. The van der Waals surface area contributed by atoms with Crippen LogP contribution in [0.1, 0.15) is 40.9 Å². The summed E-state index contributed by atoms with van der Waals surface area (Å²) < 4.78 is 2.17. The Morgan fingerprint density at radius 1 is 1.08 bits per heavy atom. The first kappa shape index (κ1) is 15.4. The van der Waals surface area contributed by atoms with Crippen molar-refractivity contribution in [2.45, 2.75) is 45.6 Å². The molecule has 1 aliphatic rings. The molecule has 4 rings (SSSR count). The zero-order valence-corrected chi connectivity index (χ0v) is 14.4. The summed E-state index contributed by atoms with van der Waals surface area (Å²) in [6, 6.07) is 13.1. The molecule has 1 N–H and O–H groups in total. The predicted molar refractivity (Wildman–Crippen MR) is 98.4 cm³/mol. The van der Waals surface area contributed by atoms with E-state index in [9.17, 15) is 0 Å². The maximum atomic E-state index is 4.71. The number of nitrogens with zero attached hydrogens (tertiary/aromatic N) is 2. The summed E-state index contributed by atoms with van der Waals surface area (Å²) in [7, 11) is 0. The van der Waals surface area contributed by atoms with Crippen LogP contribution in [-0.2, 0) is 25.8 Å². The molecule has 1 aromatic carbocycles. The Morgan fingerprint density at radius 3 is 2.88 bits per heavy atom. The van der Waals surface area contributed by atoms with Crippen molar-refractivity contribution in [2.75, 3.05) is 6.54 Å². The second-order valence-corrected chi connectivity index (χ2v) is 6.82. The second kappa shape index (κ2) is 6.78. The highest BCUT2D eigenvalue weighted by Gasteiger charge is 2.12. The molecule has 2 heterocycles. The number of hydrogen-bond donors (Lipinski definition) is 1. The number of fused-ring (bicyclic) bond motifs is 2. The van der Waals surface area contributed by atoms with E-state index in [0.717, 1.165) is 30.9 Å². The van der Waals surface area contributed by atoms with E-state index in [-0.39, 0.29) is 0 Å². The molecule has 0 fully saturated rings. The smallest absolute Gasteiger partial charge is 0.137 e. The van der Waals surface area contributed by atoms with Crippen LogP contribution in [0, 0.1) is 6.92 Å². The van der Waals surface area contributed by atoms with Crippen molar-refractivity contribution in [3.63, 3.8) is 0 Å². The fourth-order valence-corrected chi connectivity index (χ4v) is 3.78. The molecule has 0 bridgehead atoms. The summed E-state index contributed by atoms with van der Waals surface area (Å²) in [6.45, 7) is 4.05. The van der Waals surface area contributed by atoms with Gasteiger partial charge in [-0.15, -0.1) is 0 Å². The van der Waals surface area contributed by atoms with Crippen LogP contribution in [0.25, 0.3) is 5.65 Å². The molecule has 0 amide bonds. The number of aromatic nitrogens is 2. The minimum atomic E-state index is 0.965. The lowest BCUT2D eigenvalue weighted by atomic mass is 9.88. The Labute approximate surface area is 143 Å². The van der Waals surface area contributed by atoms with Crippen molar-refractivity contribution in [2.24, 2.45) is 0 Å². The molecule has 24 heavy (non-hydrogen) atoms. The van der Waals surface area contributed by atoms with Gasteiger partial charge >= 0.3 is 0 Å². The minimum absolute atomic E-state index is 0.965. The van der Waals surface area contributed by atoms with Gasteiger partial charge in [-0.3, -0.25) is 0 Å². The van der Waals surface area contributed by atoms with Gasteiger partial charge in [0.15, 0.2) is 0 Å². The number of aryl methyl sites for hydroxylation is 2. The van der Waals surface area contributed by atoms with E-state index in [2.05, 4.69) is 59.2 Å². The zero-order valence-electron chi connectivity index (χ0n) is 14.4. The molecule has 1 aliphatic carbocycles. The highest BCUT2D eigenvalue weighted by molar-refractivity contribution is 5.41.